The summed E-state index contributed by atoms with van der Waals surface area (Å²) in [5.41, 5.74) is 2.32. The highest BCUT2D eigenvalue weighted by atomic mass is 16.4. The van der Waals surface area contributed by atoms with Crippen LogP contribution in [0, 0.1) is 0 Å². The minimum Gasteiger partial charge on any atom is -0.478 e. The lowest BCUT2D eigenvalue weighted by Crippen LogP contribution is -1.95. The minimum absolute atomic E-state index is 0.128. The lowest BCUT2D eigenvalue weighted by atomic mass is 10.1. The van der Waals surface area contributed by atoms with E-state index >= 15 is 0 Å². The summed E-state index contributed by atoms with van der Waals surface area (Å²) in [6.45, 7) is 9.49. The Hall–Kier alpha value is -1.31. The van der Waals surface area contributed by atoms with E-state index in [1.165, 1.54) is 5.57 Å². The summed E-state index contributed by atoms with van der Waals surface area (Å²) in [5.74, 6) is -0.967. The SMILES string of the molecule is C=C(/C=C(C)\C=C(\C)CCC)C(=O)O. The zero-order valence-corrected chi connectivity index (χ0v) is 9.13. The minimum atomic E-state index is -0.967. The van der Waals surface area contributed by atoms with Crippen LogP contribution in [-0.4, -0.2) is 11.1 Å². The number of carbonyl (C=O) groups is 1. The van der Waals surface area contributed by atoms with E-state index in [2.05, 4.69) is 13.5 Å². The molecule has 0 aliphatic rings. The molecule has 14 heavy (non-hydrogen) atoms. The molecule has 0 unspecified atom stereocenters. The van der Waals surface area contributed by atoms with Gasteiger partial charge in [0.1, 0.15) is 0 Å². The van der Waals surface area contributed by atoms with Crippen molar-refractivity contribution < 1.29 is 9.90 Å². The van der Waals surface area contributed by atoms with E-state index in [0.29, 0.717) is 0 Å². The van der Waals surface area contributed by atoms with Gasteiger partial charge in [-0.1, -0.05) is 37.1 Å². The third kappa shape index (κ3) is 5.36. The van der Waals surface area contributed by atoms with Crippen LogP contribution in [0.3, 0.4) is 0 Å². The fourth-order valence-electron chi connectivity index (χ4n) is 1.23. The number of rotatable bonds is 5. The summed E-state index contributed by atoms with van der Waals surface area (Å²) >= 11 is 0. The van der Waals surface area contributed by atoms with Crippen molar-refractivity contribution >= 4 is 5.97 Å². The van der Waals surface area contributed by atoms with Gasteiger partial charge in [-0.2, -0.15) is 0 Å². The monoisotopic (exact) mass is 194 g/mol. The van der Waals surface area contributed by atoms with Crippen LogP contribution in [0.5, 0.6) is 0 Å². The largest absolute Gasteiger partial charge is 0.478 e. The molecule has 0 fully saturated rings. The molecule has 0 spiro atoms. The number of allylic oxidation sites excluding steroid dienone is 3. The Morgan fingerprint density at radius 3 is 2.36 bits per heavy atom. The number of hydrogen-bond donors (Lipinski definition) is 1. The molecule has 0 saturated carbocycles. The van der Waals surface area contributed by atoms with E-state index in [9.17, 15) is 4.79 Å². The second kappa shape index (κ2) is 6.19. The maximum absolute atomic E-state index is 10.5. The first-order valence-corrected chi connectivity index (χ1v) is 4.75. The number of aliphatic carboxylic acids is 1. The number of carboxylic acid groups (broad SMARTS) is 1. The summed E-state index contributed by atoms with van der Waals surface area (Å²) in [6.07, 6.45) is 5.74. The first-order chi connectivity index (χ1) is 6.47. The lowest BCUT2D eigenvalue weighted by Gasteiger charge is -1.99. The van der Waals surface area contributed by atoms with Gasteiger partial charge in [-0.25, -0.2) is 4.79 Å². The van der Waals surface area contributed by atoms with E-state index in [1.54, 1.807) is 6.08 Å². The van der Waals surface area contributed by atoms with Crippen LogP contribution in [0.1, 0.15) is 33.6 Å². The van der Waals surface area contributed by atoms with Gasteiger partial charge in [-0.3, -0.25) is 0 Å². The Bertz CT molecular complexity index is 283. The third-order valence-corrected chi connectivity index (χ3v) is 1.80. The molecule has 2 heteroatoms. The Morgan fingerprint density at radius 1 is 1.36 bits per heavy atom. The number of carboxylic acids is 1. The summed E-state index contributed by atoms with van der Waals surface area (Å²) in [5, 5.41) is 8.60. The molecular formula is C12H18O2. The Morgan fingerprint density at radius 2 is 1.93 bits per heavy atom. The van der Waals surface area contributed by atoms with Crippen LogP contribution in [0.2, 0.25) is 0 Å². The predicted molar refractivity (Wildman–Crippen MR) is 59.2 cm³/mol. The topological polar surface area (TPSA) is 37.3 Å². The molecular weight excluding hydrogens is 176 g/mol. The average molecular weight is 194 g/mol. The zero-order valence-electron chi connectivity index (χ0n) is 9.13. The van der Waals surface area contributed by atoms with Crippen molar-refractivity contribution in [2.45, 2.75) is 33.6 Å². The second-order valence-corrected chi connectivity index (χ2v) is 3.46. The normalized spacial score (nSPS) is 12.8. The first-order valence-electron chi connectivity index (χ1n) is 4.75. The van der Waals surface area contributed by atoms with Crippen LogP contribution in [-0.2, 0) is 4.79 Å². The maximum Gasteiger partial charge on any atom is 0.335 e. The molecule has 0 aliphatic carbocycles. The molecule has 0 radical (unpaired) electrons. The third-order valence-electron chi connectivity index (χ3n) is 1.80. The molecule has 1 N–H and O–H groups in total. The van der Waals surface area contributed by atoms with Crippen LogP contribution >= 0.6 is 0 Å². The average Bonchev–Trinajstić information content (AvgIpc) is 2.03. The van der Waals surface area contributed by atoms with Crippen molar-refractivity contribution in [3.8, 4) is 0 Å². The van der Waals surface area contributed by atoms with E-state index in [4.69, 9.17) is 5.11 Å². The van der Waals surface area contributed by atoms with Gasteiger partial charge in [-0.15, -0.1) is 0 Å². The molecule has 0 aromatic rings. The predicted octanol–water partition coefficient (Wildman–Crippen LogP) is 3.32. The van der Waals surface area contributed by atoms with Crippen molar-refractivity contribution in [3.05, 3.63) is 35.5 Å². The molecule has 0 rings (SSSR count). The second-order valence-electron chi connectivity index (χ2n) is 3.46. The van der Waals surface area contributed by atoms with Crippen LogP contribution in [0.15, 0.2) is 35.5 Å². The van der Waals surface area contributed by atoms with Gasteiger partial charge in [0.2, 0.25) is 0 Å². The van der Waals surface area contributed by atoms with Gasteiger partial charge in [0, 0.05) is 0 Å². The van der Waals surface area contributed by atoms with Gasteiger partial charge in [-0.05, 0) is 26.3 Å². The van der Waals surface area contributed by atoms with Gasteiger partial charge >= 0.3 is 5.97 Å². The zero-order chi connectivity index (χ0) is 11.1. The molecule has 78 valence electrons. The Kier molecular flexibility index (Phi) is 5.61. The summed E-state index contributed by atoms with van der Waals surface area (Å²) in [4.78, 5) is 10.5. The molecule has 0 bridgehead atoms. The lowest BCUT2D eigenvalue weighted by molar-refractivity contribution is -0.132. The Labute approximate surface area is 85.6 Å². The Balaban J connectivity index is 4.47. The van der Waals surface area contributed by atoms with Crippen molar-refractivity contribution in [1.82, 2.24) is 0 Å². The first kappa shape index (κ1) is 12.7. The highest BCUT2D eigenvalue weighted by molar-refractivity contribution is 5.89. The summed E-state index contributed by atoms with van der Waals surface area (Å²) < 4.78 is 0. The summed E-state index contributed by atoms with van der Waals surface area (Å²) in [6, 6.07) is 0. The highest BCUT2D eigenvalue weighted by Gasteiger charge is 1.99. The smallest absolute Gasteiger partial charge is 0.335 e. The van der Waals surface area contributed by atoms with Crippen molar-refractivity contribution in [2.75, 3.05) is 0 Å². The van der Waals surface area contributed by atoms with Crippen molar-refractivity contribution in [2.24, 2.45) is 0 Å². The van der Waals surface area contributed by atoms with E-state index in [-0.39, 0.29) is 5.57 Å². The van der Waals surface area contributed by atoms with Crippen LogP contribution in [0.4, 0.5) is 0 Å². The molecule has 2 nitrogen and oxygen atoms in total. The molecule has 0 heterocycles. The fourth-order valence-corrected chi connectivity index (χ4v) is 1.23. The molecule has 0 amide bonds. The van der Waals surface area contributed by atoms with E-state index < -0.39 is 5.97 Å². The van der Waals surface area contributed by atoms with Gasteiger partial charge < -0.3 is 5.11 Å². The van der Waals surface area contributed by atoms with E-state index in [1.807, 2.05) is 19.9 Å². The molecule has 0 aliphatic heterocycles. The van der Waals surface area contributed by atoms with Crippen LogP contribution in [0.25, 0.3) is 0 Å². The van der Waals surface area contributed by atoms with Gasteiger partial charge in [0.15, 0.2) is 0 Å². The molecule has 0 aromatic carbocycles. The van der Waals surface area contributed by atoms with Gasteiger partial charge in [0.25, 0.3) is 0 Å². The van der Waals surface area contributed by atoms with Gasteiger partial charge in [0.05, 0.1) is 5.57 Å². The number of hydrogen-bond acceptors (Lipinski definition) is 1. The fraction of sp³-hybridized carbons (Fsp3) is 0.417. The quantitative estimate of drug-likeness (QED) is 0.538. The van der Waals surface area contributed by atoms with E-state index in [0.717, 1.165) is 18.4 Å². The van der Waals surface area contributed by atoms with Crippen molar-refractivity contribution in [3.63, 3.8) is 0 Å². The summed E-state index contributed by atoms with van der Waals surface area (Å²) in [7, 11) is 0. The van der Waals surface area contributed by atoms with Crippen LogP contribution < -0.4 is 0 Å². The molecule has 0 aromatic heterocycles. The molecule has 0 atom stereocenters. The maximum atomic E-state index is 10.5. The standard InChI is InChI=1S/C12H18O2/c1-5-6-9(2)7-10(3)8-11(4)12(13)14/h7-8H,4-6H2,1-3H3,(H,13,14)/b9-7-,10-8-. The highest BCUT2D eigenvalue weighted by Crippen LogP contribution is 2.09. The van der Waals surface area contributed by atoms with Crippen molar-refractivity contribution in [1.29, 1.82) is 0 Å². The molecule has 0 saturated heterocycles.